The molecule has 0 radical (unpaired) electrons. The molecule has 1 aliphatic heterocycles. The average Bonchev–Trinajstić information content (AvgIpc) is 2.79. The van der Waals surface area contributed by atoms with Crippen molar-refractivity contribution >= 4 is 17.5 Å². The summed E-state index contributed by atoms with van der Waals surface area (Å²) in [5, 5.41) is 2.85. The smallest absolute Gasteiger partial charge is 0.246 e. The number of nitrogens with zero attached hydrogens (tertiary/aromatic N) is 1. The fourth-order valence-electron chi connectivity index (χ4n) is 2.81. The molecule has 0 aromatic heterocycles. The highest BCUT2D eigenvalue weighted by Gasteiger charge is 2.48. The van der Waals surface area contributed by atoms with E-state index in [2.05, 4.69) is 5.32 Å². The molecule has 0 aliphatic carbocycles. The maximum absolute atomic E-state index is 12.6. The molecule has 22 heavy (non-hydrogen) atoms. The van der Waals surface area contributed by atoms with Crippen LogP contribution in [0.2, 0.25) is 0 Å². The van der Waals surface area contributed by atoms with E-state index in [1.807, 2.05) is 39.0 Å². The molecule has 1 N–H and O–H groups in total. The van der Waals surface area contributed by atoms with Crippen LogP contribution in [0.25, 0.3) is 0 Å². The number of hydrogen-bond donors (Lipinski definition) is 1. The summed E-state index contributed by atoms with van der Waals surface area (Å²) < 4.78 is 4.95. The van der Waals surface area contributed by atoms with Crippen LogP contribution >= 0.6 is 0 Å². The number of carbonyl (C=O) groups excluding carboxylic acids is 2. The molecule has 1 heterocycles. The first kappa shape index (κ1) is 16.5. The molecule has 120 valence electrons. The average molecular weight is 304 g/mol. The summed E-state index contributed by atoms with van der Waals surface area (Å²) in [6.07, 6.45) is 0.915. The van der Waals surface area contributed by atoms with Crippen LogP contribution in [0.3, 0.4) is 0 Å². The second-order valence-corrected chi connectivity index (χ2v) is 6.02. The van der Waals surface area contributed by atoms with E-state index >= 15 is 0 Å². The Morgan fingerprint density at radius 3 is 2.73 bits per heavy atom. The minimum Gasteiger partial charge on any atom is -0.383 e. The van der Waals surface area contributed by atoms with Crippen molar-refractivity contribution in [3.05, 3.63) is 29.3 Å². The summed E-state index contributed by atoms with van der Waals surface area (Å²) in [6.45, 7) is 6.77. The Kier molecular flexibility index (Phi) is 4.86. The molecule has 0 bridgehead atoms. The Morgan fingerprint density at radius 1 is 1.36 bits per heavy atom. The van der Waals surface area contributed by atoms with Crippen molar-refractivity contribution in [1.29, 1.82) is 0 Å². The van der Waals surface area contributed by atoms with Crippen molar-refractivity contribution in [3.63, 3.8) is 0 Å². The number of carbonyl (C=O) groups is 2. The van der Waals surface area contributed by atoms with Gasteiger partial charge in [0.05, 0.1) is 6.61 Å². The lowest BCUT2D eigenvalue weighted by Crippen LogP contribution is -2.55. The van der Waals surface area contributed by atoms with Gasteiger partial charge in [0, 0.05) is 25.8 Å². The van der Waals surface area contributed by atoms with Gasteiger partial charge in [0.2, 0.25) is 11.8 Å². The van der Waals surface area contributed by atoms with Crippen LogP contribution in [0.1, 0.15) is 30.9 Å². The first-order chi connectivity index (χ1) is 10.4. The van der Waals surface area contributed by atoms with Gasteiger partial charge in [0.1, 0.15) is 5.54 Å². The monoisotopic (exact) mass is 304 g/mol. The van der Waals surface area contributed by atoms with E-state index in [0.717, 1.165) is 11.3 Å². The zero-order chi connectivity index (χ0) is 16.3. The molecule has 0 spiro atoms. The molecule has 5 nitrogen and oxygen atoms in total. The molecule has 1 aromatic rings. The maximum atomic E-state index is 12.6. The topological polar surface area (TPSA) is 58.6 Å². The van der Waals surface area contributed by atoms with Crippen molar-refractivity contribution in [3.8, 4) is 0 Å². The zero-order valence-corrected chi connectivity index (χ0v) is 13.7. The van der Waals surface area contributed by atoms with Gasteiger partial charge in [-0.25, -0.2) is 0 Å². The van der Waals surface area contributed by atoms with E-state index in [-0.39, 0.29) is 11.8 Å². The third-order valence-electron chi connectivity index (χ3n) is 4.40. The van der Waals surface area contributed by atoms with Gasteiger partial charge in [-0.1, -0.05) is 6.07 Å². The zero-order valence-electron chi connectivity index (χ0n) is 13.7. The van der Waals surface area contributed by atoms with Crippen molar-refractivity contribution in [1.82, 2.24) is 5.32 Å². The molecule has 2 rings (SSSR count). The highest BCUT2D eigenvalue weighted by atomic mass is 16.5. The molecule has 1 atom stereocenters. The van der Waals surface area contributed by atoms with Gasteiger partial charge in [-0.3, -0.25) is 14.5 Å². The third-order valence-corrected chi connectivity index (χ3v) is 4.40. The van der Waals surface area contributed by atoms with Crippen molar-refractivity contribution in [2.45, 2.75) is 39.2 Å². The lowest BCUT2D eigenvalue weighted by Gasteiger charge is -2.34. The fourth-order valence-corrected chi connectivity index (χ4v) is 2.81. The molecule has 1 aliphatic rings. The van der Waals surface area contributed by atoms with Crippen molar-refractivity contribution in [2.75, 3.05) is 25.2 Å². The molecular weight excluding hydrogens is 280 g/mol. The lowest BCUT2D eigenvalue weighted by atomic mass is 9.96. The van der Waals surface area contributed by atoms with E-state index in [0.29, 0.717) is 26.0 Å². The SMILES string of the molecule is COCCNC(=O)[C@]1(C)CCC(=O)N1c1ccc(C)c(C)c1. The molecule has 0 unspecified atom stereocenters. The molecular formula is C17H24N2O3. The largest absolute Gasteiger partial charge is 0.383 e. The number of rotatable bonds is 5. The minimum atomic E-state index is -0.841. The Balaban J connectivity index is 2.28. The normalized spacial score (nSPS) is 21.3. The van der Waals surface area contributed by atoms with E-state index in [9.17, 15) is 9.59 Å². The van der Waals surface area contributed by atoms with Crippen molar-refractivity contribution < 1.29 is 14.3 Å². The van der Waals surface area contributed by atoms with Crippen LogP contribution in [0, 0.1) is 13.8 Å². The number of amides is 2. The van der Waals surface area contributed by atoms with Crippen molar-refractivity contribution in [2.24, 2.45) is 0 Å². The number of aryl methyl sites for hydroxylation is 2. The molecule has 2 amide bonds. The number of anilines is 1. The minimum absolute atomic E-state index is 0.00681. The van der Waals surface area contributed by atoms with Crippen LogP contribution in [0.15, 0.2) is 18.2 Å². The number of methoxy groups -OCH3 is 1. The summed E-state index contributed by atoms with van der Waals surface area (Å²) >= 11 is 0. The predicted molar refractivity (Wildman–Crippen MR) is 85.9 cm³/mol. The van der Waals surface area contributed by atoms with E-state index in [4.69, 9.17) is 4.74 Å². The highest BCUT2D eigenvalue weighted by molar-refractivity contribution is 6.06. The Morgan fingerprint density at radius 2 is 2.09 bits per heavy atom. The van der Waals surface area contributed by atoms with Gasteiger partial charge in [-0.15, -0.1) is 0 Å². The number of nitrogens with one attached hydrogen (secondary N) is 1. The van der Waals surface area contributed by atoms with E-state index in [1.165, 1.54) is 5.56 Å². The second kappa shape index (κ2) is 6.48. The second-order valence-electron chi connectivity index (χ2n) is 6.02. The number of benzene rings is 1. The number of ether oxygens (including phenoxy) is 1. The van der Waals surface area contributed by atoms with Crippen LogP contribution in [0.5, 0.6) is 0 Å². The molecule has 1 saturated heterocycles. The van der Waals surface area contributed by atoms with Crippen LogP contribution in [0.4, 0.5) is 5.69 Å². The maximum Gasteiger partial charge on any atom is 0.246 e. The summed E-state index contributed by atoms with van der Waals surface area (Å²) in [6, 6.07) is 5.87. The Hall–Kier alpha value is -1.88. The van der Waals surface area contributed by atoms with Gasteiger partial charge < -0.3 is 10.1 Å². The van der Waals surface area contributed by atoms with Gasteiger partial charge in [-0.05, 0) is 50.5 Å². The van der Waals surface area contributed by atoms with Crippen LogP contribution < -0.4 is 10.2 Å². The fraction of sp³-hybridized carbons (Fsp3) is 0.529. The summed E-state index contributed by atoms with van der Waals surface area (Å²) in [4.78, 5) is 26.5. The predicted octanol–water partition coefficient (Wildman–Crippen LogP) is 1.95. The first-order valence-corrected chi connectivity index (χ1v) is 7.57. The van der Waals surface area contributed by atoms with Gasteiger partial charge in [-0.2, -0.15) is 0 Å². The molecule has 1 aromatic carbocycles. The first-order valence-electron chi connectivity index (χ1n) is 7.57. The van der Waals surface area contributed by atoms with E-state index < -0.39 is 5.54 Å². The Bertz CT molecular complexity index is 585. The summed E-state index contributed by atoms with van der Waals surface area (Å²) in [7, 11) is 1.59. The quantitative estimate of drug-likeness (QED) is 0.846. The molecule has 5 heteroatoms. The van der Waals surface area contributed by atoms with Gasteiger partial charge in [0.15, 0.2) is 0 Å². The van der Waals surface area contributed by atoms with Gasteiger partial charge >= 0.3 is 0 Å². The summed E-state index contributed by atoms with van der Waals surface area (Å²) in [5.74, 6) is -0.138. The molecule has 0 saturated carbocycles. The third kappa shape index (κ3) is 2.99. The van der Waals surface area contributed by atoms with Crippen LogP contribution in [-0.4, -0.2) is 37.6 Å². The Labute approximate surface area is 131 Å². The lowest BCUT2D eigenvalue weighted by molar-refractivity contribution is -0.127. The molecule has 1 fully saturated rings. The highest BCUT2D eigenvalue weighted by Crippen LogP contribution is 2.35. The van der Waals surface area contributed by atoms with Crippen LogP contribution in [-0.2, 0) is 14.3 Å². The number of hydrogen-bond acceptors (Lipinski definition) is 3. The van der Waals surface area contributed by atoms with E-state index in [1.54, 1.807) is 12.0 Å². The summed E-state index contributed by atoms with van der Waals surface area (Å²) in [5.41, 5.74) is 2.22. The van der Waals surface area contributed by atoms with Gasteiger partial charge in [0.25, 0.3) is 0 Å². The standard InChI is InChI=1S/C17H24N2O3/c1-12-5-6-14(11-13(12)2)19-15(20)7-8-17(19,3)16(21)18-9-10-22-4/h5-6,11H,7-10H2,1-4H3,(H,18,21)/t17-/m0/s1.